The molecule has 0 radical (unpaired) electrons. The fourth-order valence-corrected chi connectivity index (χ4v) is 5.79. The molecule has 28 heavy (non-hydrogen) atoms. The summed E-state index contributed by atoms with van der Waals surface area (Å²) in [6, 6.07) is 0. The van der Waals surface area contributed by atoms with E-state index in [-0.39, 0.29) is 30.0 Å². The molecule has 0 aromatic rings. The average molecular weight is 392 g/mol. The van der Waals surface area contributed by atoms with Crippen LogP contribution >= 0.6 is 0 Å². The molecule has 6 nitrogen and oxygen atoms in total. The number of esters is 2. The third kappa shape index (κ3) is 3.19. The minimum Gasteiger partial charge on any atom is -0.462 e. The Morgan fingerprint density at radius 1 is 1.32 bits per heavy atom. The number of rotatable bonds is 5. The Morgan fingerprint density at radius 3 is 2.61 bits per heavy atom. The molecule has 1 saturated carbocycles. The van der Waals surface area contributed by atoms with Gasteiger partial charge in [0, 0.05) is 42.1 Å². The highest BCUT2D eigenvalue weighted by molar-refractivity contribution is 5.94. The number of ketones is 1. The Hall–Kier alpha value is -1.69. The van der Waals surface area contributed by atoms with Gasteiger partial charge in [-0.15, -0.1) is 0 Å². The number of carbonyl (C=O) groups is 3. The van der Waals surface area contributed by atoms with Crippen molar-refractivity contribution in [1.82, 2.24) is 0 Å². The normalized spacial score (nSPS) is 37.4. The lowest BCUT2D eigenvalue weighted by Gasteiger charge is -2.59. The van der Waals surface area contributed by atoms with E-state index < -0.39 is 29.0 Å². The molecule has 1 aliphatic heterocycles. The maximum atomic E-state index is 12.5. The smallest absolute Gasteiger partial charge is 0.335 e. The van der Waals surface area contributed by atoms with Gasteiger partial charge in [-0.2, -0.15) is 0 Å². The summed E-state index contributed by atoms with van der Waals surface area (Å²) in [5.74, 6) is -0.697. The predicted octanol–water partition coefficient (Wildman–Crippen LogP) is 2.96. The molecule has 0 spiro atoms. The summed E-state index contributed by atoms with van der Waals surface area (Å²) in [6.45, 7) is 9.43. The molecule has 0 aromatic heterocycles. The van der Waals surface area contributed by atoms with Crippen LogP contribution in [0, 0.1) is 22.7 Å². The number of carbonyl (C=O) groups excluding carboxylic acids is 3. The van der Waals surface area contributed by atoms with Gasteiger partial charge in [-0.25, -0.2) is 4.79 Å². The molecule has 6 heteroatoms. The molecule has 156 valence electrons. The Labute approximate surface area is 166 Å². The van der Waals surface area contributed by atoms with Crippen LogP contribution in [0.3, 0.4) is 0 Å². The first-order valence-electron chi connectivity index (χ1n) is 10.3. The molecule has 1 fully saturated rings. The van der Waals surface area contributed by atoms with Crippen molar-refractivity contribution >= 4 is 17.7 Å². The van der Waals surface area contributed by atoms with E-state index in [1.807, 2.05) is 20.8 Å². The van der Waals surface area contributed by atoms with Gasteiger partial charge in [0.05, 0.1) is 6.10 Å². The summed E-state index contributed by atoms with van der Waals surface area (Å²) in [7, 11) is 0. The number of cyclic esters (lactones) is 1. The third-order valence-corrected chi connectivity index (χ3v) is 7.46. The number of aliphatic hydroxyl groups excluding tert-OH is 1. The topological polar surface area (TPSA) is 89.9 Å². The van der Waals surface area contributed by atoms with Crippen LogP contribution in [0.4, 0.5) is 0 Å². The third-order valence-electron chi connectivity index (χ3n) is 7.46. The van der Waals surface area contributed by atoms with Crippen molar-refractivity contribution in [2.75, 3.05) is 6.61 Å². The van der Waals surface area contributed by atoms with Crippen molar-refractivity contribution < 1.29 is 29.0 Å². The summed E-state index contributed by atoms with van der Waals surface area (Å²) >= 11 is 0. The van der Waals surface area contributed by atoms with E-state index in [1.165, 1.54) is 6.92 Å². The van der Waals surface area contributed by atoms with Crippen molar-refractivity contribution in [2.24, 2.45) is 22.7 Å². The van der Waals surface area contributed by atoms with Crippen LogP contribution in [-0.2, 0) is 23.9 Å². The summed E-state index contributed by atoms with van der Waals surface area (Å²) in [4.78, 5) is 36.6. The van der Waals surface area contributed by atoms with E-state index in [1.54, 1.807) is 0 Å². The highest BCUT2D eigenvalue weighted by atomic mass is 16.5. The Balaban J connectivity index is 2.01. The van der Waals surface area contributed by atoms with E-state index in [4.69, 9.17) is 9.47 Å². The number of fused-ring (bicyclic) bond motifs is 2. The van der Waals surface area contributed by atoms with Crippen LogP contribution in [-0.4, -0.2) is 41.6 Å². The zero-order valence-electron chi connectivity index (χ0n) is 17.5. The molecule has 0 saturated heterocycles. The van der Waals surface area contributed by atoms with Crippen molar-refractivity contribution in [2.45, 2.75) is 78.9 Å². The lowest BCUT2D eigenvalue weighted by atomic mass is 9.47. The molecule has 2 aliphatic carbocycles. The molecule has 3 aliphatic rings. The quantitative estimate of drug-likeness (QED) is 0.724. The largest absolute Gasteiger partial charge is 0.462 e. The number of ether oxygens (including phenoxy) is 2. The SMILES string of the molecule is CC(=O)O[C@H]1C[C@@H](O)[C@]2(C)C3=C(CCC2[C@]1(C)CCC(=O)C(C)C)COC3=O. The van der Waals surface area contributed by atoms with Gasteiger partial charge in [0.2, 0.25) is 0 Å². The fourth-order valence-electron chi connectivity index (χ4n) is 5.79. The summed E-state index contributed by atoms with van der Waals surface area (Å²) in [5, 5.41) is 11.1. The molecule has 0 bridgehead atoms. The number of hydrogen-bond acceptors (Lipinski definition) is 6. The highest BCUT2D eigenvalue weighted by Gasteiger charge is 2.63. The first-order chi connectivity index (χ1) is 13.0. The Bertz CT molecular complexity index is 723. The van der Waals surface area contributed by atoms with E-state index >= 15 is 0 Å². The minimum atomic E-state index is -0.813. The van der Waals surface area contributed by atoms with E-state index in [0.717, 1.165) is 18.4 Å². The van der Waals surface area contributed by atoms with Gasteiger partial charge < -0.3 is 14.6 Å². The number of aliphatic hydroxyl groups is 1. The van der Waals surface area contributed by atoms with Gasteiger partial charge in [0.15, 0.2) is 0 Å². The van der Waals surface area contributed by atoms with Crippen LogP contribution in [0.25, 0.3) is 0 Å². The van der Waals surface area contributed by atoms with Gasteiger partial charge in [-0.3, -0.25) is 9.59 Å². The molecule has 0 aromatic carbocycles. The molecule has 0 amide bonds. The standard InChI is InChI=1S/C22H32O6/c1-12(2)15(24)8-9-21(4)16-7-6-14-11-27-20(26)19(14)22(16,5)17(25)10-18(21)28-13(3)23/h12,16-18,25H,6-11H2,1-5H3/t16?,17-,18+,21+,22-/m1/s1. The van der Waals surface area contributed by atoms with E-state index in [2.05, 4.69) is 6.92 Å². The van der Waals surface area contributed by atoms with Gasteiger partial charge in [-0.05, 0) is 30.8 Å². The van der Waals surface area contributed by atoms with Crippen LogP contribution in [0.2, 0.25) is 0 Å². The second-order valence-electron chi connectivity index (χ2n) is 9.41. The number of hydrogen-bond donors (Lipinski definition) is 1. The zero-order chi connectivity index (χ0) is 20.9. The van der Waals surface area contributed by atoms with Gasteiger partial charge in [0.25, 0.3) is 0 Å². The van der Waals surface area contributed by atoms with Crippen LogP contribution in [0.15, 0.2) is 11.1 Å². The number of Topliss-reactive ketones (excluding diaryl/α,β-unsaturated/α-hetero) is 1. The van der Waals surface area contributed by atoms with Crippen molar-refractivity contribution in [1.29, 1.82) is 0 Å². The van der Waals surface area contributed by atoms with Crippen molar-refractivity contribution in [3.8, 4) is 0 Å². The molecular formula is C22H32O6. The molecule has 1 unspecified atom stereocenters. The van der Waals surface area contributed by atoms with Gasteiger partial charge >= 0.3 is 11.9 Å². The minimum absolute atomic E-state index is 0.0539. The maximum Gasteiger partial charge on any atom is 0.335 e. The summed E-state index contributed by atoms with van der Waals surface area (Å²) < 4.78 is 10.9. The summed E-state index contributed by atoms with van der Waals surface area (Å²) in [6.07, 6.45) is 1.41. The molecule has 1 heterocycles. The van der Waals surface area contributed by atoms with E-state index in [0.29, 0.717) is 25.0 Å². The lowest BCUT2D eigenvalue weighted by molar-refractivity contribution is -0.191. The molecule has 3 rings (SSSR count). The van der Waals surface area contributed by atoms with Crippen LogP contribution in [0.1, 0.15) is 66.7 Å². The summed E-state index contributed by atoms with van der Waals surface area (Å²) in [5.41, 5.74) is 0.326. The first-order valence-corrected chi connectivity index (χ1v) is 10.3. The Kier molecular flexibility index (Phi) is 5.47. The van der Waals surface area contributed by atoms with E-state index in [9.17, 15) is 19.5 Å². The highest BCUT2D eigenvalue weighted by Crippen LogP contribution is 2.62. The maximum absolute atomic E-state index is 12.5. The van der Waals surface area contributed by atoms with Gasteiger partial charge in [-0.1, -0.05) is 27.7 Å². The predicted molar refractivity (Wildman–Crippen MR) is 102 cm³/mol. The molecule has 1 N–H and O–H groups in total. The monoisotopic (exact) mass is 392 g/mol. The van der Waals surface area contributed by atoms with Crippen LogP contribution in [0.5, 0.6) is 0 Å². The zero-order valence-corrected chi connectivity index (χ0v) is 17.5. The Morgan fingerprint density at radius 2 is 2.00 bits per heavy atom. The average Bonchev–Trinajstić information content (AvgIpc) is 2.99. The first kappa shape index (κ1) is 21.0. The van der Waals surface area contributed by atoms with Gasteiger partial charge in [0.1, 0.15) is 18.5 Å². The second kappa shape index (κ2) is 7.29. The van der Waals surface area contributed by atoms with Crippen molar-refractivity contribution in [3.63, 3.8) is 0 Å². The van der Waals surface area contributed by atoms with Crippen LogP contribution < -0.4 is 0 Å². The second-order valence-corrected chi connectivity index (χ2v) is 9.41. The lowest BCUT2D eigenvalue weighted by Crippen LogP contribution is -2.61. The molecule has 5 atom stereocenters. The molecular weight excluding hydrogens is 360 g/mol. The fraction of sp³-hybridized carbons (Fsp3) is 0.773. The van der Waals surface area contributed by atoms with Crippen molar-refractivity contribution in [3.05, 3.63) is 11.1 Å².